The first-order chi connectivity index (χ1) is 9.84. The maximum absolute atomic E-state index is 4.69. The molecule has 0 aliphatic rings. The molecule has 0 unspecified atom stereocenters. The number of guanidine groups is 1. The maximum atomic E-state index is 4.69. The van der Waals surface area contributed by atoms with Crippen molar-refractivity contribution in [1.29, 1.82) is 0 Å². The predicted molar refractivity (Wildman–Crippen MR) is 94.2 cm³/mol. The zero-order chi connectivity index (χ0) is 15.9. The van der Waals surface area contributed by atoms with Crippen LogP contribution in [-0.4, -0.2) is 44.6 Å². The van der Waals surface area contributed by atoms with Crippen molar-refractivity contribution < 1.29 is 0 Å². The summed E-state index contributed by atoms with van der Waals surface area (Å²) >= 11 is 1.77. The first kappa shape index (κ1) is 18.0. The molecule has 0 amide bonds. The highest BCUT2D eigenvalue weighted by Crippen LogP contribution is 2.16. The predicted octanol–water partition coefficient (Wildman–Crippen LogP) is 2.70. The summed E-state index contributed by atoms with van der Waals surface area (Å²) in [5, 5.41) is 8.91. The average molecular weight is 311 g/mol. The summed E-state index contributed by atoms with van der Waals surface area (Å²) in [6.07, 6.45) is 0. The van der Waals surface area contributed by atoms with Gasteiger partial charge in [0.1, 0.15) is 0 Å². The summed E-state index contributed by atoms with van der Waals surface area (Å²) in [6, 6.07) is 2.15. The van der Waals surface area contributed by atoms with E-state index in [0.717, 1.165) is 32.1 Å². The van der Waals surface area contributed by atoms with Crippen LogP contribution in [0.1, 0.15) is 31.2 Å². The van der Waals surface area contributed by atoms with Gasteiger partial charge in [-0.2, -0.15) is 0 Å². The lowest BCUT2D eigenvalue weighted by Gasteiger charge is -2.29. The summed E-state index contributed by atoms with van der Waals surface area (Å²) in [4.78, 5) is 8.25. The molecule has 1 aromatic heterocycles. The molecule has 21 heavy (non-hydrogen) atoms. The van der Waals surface area contributed by atoms with Crippen LogP contribution in [0.3, 0.4) is 0 Å². The molecule has 0 radical (unpaired) electrons. The van der Waals surface area contributed by atoms with E-state index in [2.05, 4.69) is 68.8 Å². The Balaban J connectivity index is 2.59. The fourth-order valence-corrected chi connectivity index (χ4v) is 3.12. The van der Waals surface area contributed by atoms with Gasteiger partial charge in [0.15, 0.2) is 5.96 Å². The Labute approximate surface area is 133 Å². The van der Waals surface area contributed by atoms with Gasteiger partial charge in [-0.1, -0.05) is 13.8 Å². The quantitative estimate of drug-likeness (QED) is 0.601. The third-order valence-electron chi connectivity index (χ3n) is 3.17. The second kappa shape index (κ2) is 8.39. The molecule has 0 saturated heterocycles. The van der Waals surface area contributed by atoms with Crippen LogP contribution in [0.15, 0.2) is 16.4 Å². The van der Waals surface area contributed by atoms with Gasteiger partial charge in [-0.15, -0.1) is 11.3 Å². The van der Waals surface area contributed by atoms with Gasteiger partial charge in [0, 0.05) is 24.5 Å². The van der Waals surface area contributed by atoms with Crippen LogP contribution in [0.5, 0.6) is 0 Å². The fraction of sp³-hybridized carbons (Fsp3) is 0.688. The van der Waals surface area contributed by atoms with Crippen LogP contribution < -0.4 is 10.6 Å². The molecule has 5 heteroatoms. The minimum atomic E-state index is 0.207. The fourth-order valence-electron chi connectivity index (χ4n) is 2.29. The van der Waals surface area contributed by atoms with Gasteiger partial charge >= 0.3 is 0 Å². The molecule has 0 aromatic carbocycles. The first-order valence-electron chi connectivity index (χ1n) is 7.54. The second-order valence-electron chi connectivity index (χ2n) is 6.48. The third-order valence-corrected chi connectivity index (χ3v) is 4.18. The normalized spacial score (nSPS) is 12.8. The second-order valence-corrected chi connectivity index (χ2v) is 7.48. The van der Waals surface area contributed by atoms with Gasteiger partial charge in [0.2, 0.25) is 0 Å². The number of rotatable bonds is 7. The van der Waals surface area contributed by atoms with E-state index >= 15 is 0 Å². The summed E-state index contributed by atoms with van der Waals surface area (Å²) in [5.74, 6) is 0.900. The maximum Gasteiger partial charge on any atom is 0.191 e. The van der Waals surface area contributed by atoms with E-state index in [9.17, 15) is 0 Å². The van der Waals surface area contributed by atoms with Crippen molar-refractivity contribution >= 4 is 17.3 Å². The van der Waals surface area contributed by atoms with Crippen molar-refractivity contribution in [2.75, 3.05) is 33.7 Å². The number of hydrogen-bond acceptors (Lipinski definition) is 3. The Bertz CT molecular complexity index is 449. The Morgan fingerprint density at radius 3 is 2.57 bits per heavy atom. The van der Waals surface area contributed by atoms with E-state index < -0.39 is 0 Å². The molecular formula is C16H30N4S. The SMILES string of the molecule is CCNC(=NCc1sccc1C)NCC(C)(C)CN(C)C. The van der Waals surface area contributed by atoms with Crippen molar-refractivity contribution in [1.82, 2.24) is 15.5 Å². The lowest BCUT2D eigenvalue weighted by atomic mass is 9.93. The smallest absolute Gasteiger partial charge is 0.191 e. The van der Waals surface area contributed by atoms with Gasteiger partial charge in [-0.25, -0.2) is 4.99 Å². The summed E-state index contributed by atoms with van der Waals surface area (Å²) in [7, 11) is 4.22. The minimum Gasteiger partial charge on any atom is -0.357 e. The van der Waals surface area contributed by atoms with Crippen LogP contribution >= 0.6 is 11.3 Å². The standard InChI is InChI=1S/C16H30N4S/c1-7-17-15(18-10-14-13(2)8-9-21-14)19-11-16(3,4)12-20(5)6/h8-9H,7,10-12H2,1-6H3,(H2,17,18,19). The van der Waals surface area contributed by atoms with E-state index in [1.165, 1.54) is 10.4 Å². The largest absolute Gasteiger partial charge is 0.357 e. The Kier molecular flexibility index (Phi) is 7.18. The lowest BCUT2D eigenvalue weighted by molar-refractivity contribution is 0.241. The monoisotopic (exact) mass is 310 g/mol. The molecule has 120 valence electrons. The zero-order valence-corrected chi connectivity index (χ0v) is 15.1. The molecular weight excluding hydrogens is 280 g/mol. The van der Waals surface area contributed by atoms with Crippen LogP contribution in [0.4, 0.5) is 0 Å². The number of nitrogens with zero attached hydrogens (tertiary/aromatic N) is 2. The first-order valence-corrected chi connectivity index (χ1v) is 8.42. The Hall–Kier alpha value is -1.07. The van der Waals surface area contributed by atoms with Crippen molar-refractivity contribution in [2.45, 2.75) is 34.2 Å². The summed E-state index contributed by atoms with van der Waals surface area (Å²) in [5.41, 5.74) is 1.53. The van der Waals surface area contributed by atoms with Crippen LogP contribution in [0.25, 0.3) is 0 Å². The molecule has 0 spiro atoms. The van der Waals surface area contributed by atoms with Gasteiger partial charge in [0.05, 0.1) is 6.54 Å². The molecule has 0 aliphatic heterocycles. The summed E-state index contributed by atoms with van der Waals surface area (Å²) in [6.45, 7) is 12.3. The summed E-state index contributed by atoms with van der Waals surface area (Å²) < 4.78 is 0. The van der Waals surface area contributed by atoms with E-state index in [4.69, 9.17) is 4.99 Å². The van der Waals surface area contributed by atoms with Crippen LogP contribution in [-0.2, 0) is 6.54 Å². The number of thiophene rings is 1. The Morgan fingerprint density at radius 1 is 1.33 bits per heavy atom. The lowest BCUT2D eigenvalue weighted by Crippen LogP contribution is -2.44. The zero-order valence-electron chi connectivity index (χ0n) is 14.3. The van der Waals surface area contributed by atoms with Gasteiger partial charge < -0.3 is 15.5 Å². The number of hydrogen-bond donors (Lipinski definition) is 2. The molecule has 1 rings (SSSR count). The third kappa shape index (κ3) is 6.96. The molecule has 4 nitrogen and oxygen atoms in total. The van der Waals surface area contributed by atoms with Gasteiger partial charge in [-0.3, -0.25) is 0 Å². The number of aliphatic imine (C=N–C) groups is 1. The molecule has 0 fully saturated rings. The highest BCUT2D eigenvalue weighted by atomic mass is 32.1. The van der Waals surface area contributed by atoms with Gasteiger partial charge in [0.25, 0.3) is 0 Å². The molecule has 0 saturated carbocycles. The van der Waals surface area contributed by atoms with Crippen LogP contribution in [0, 0.1) is 12.3 Å². The van der Waals surface area contributed by atoms with Gasteiger partial charge in [-0.05, 0) is 50.4 Å². The molecule has 1 aromatic rings. The topological polar surface area (TPSA) is 39.7 Å². The molecule has 0 atom stereocenters. The van der Waals surface area contributed by atoms with Crippen LogP contribution in [0.2, 0.25) is 0 Å². The van der Waals surface area contributed by atoms with Crippen molar-refractivity contribution in [3.63, 3.8) is 0 Å². The average Bonchev–Trinajstić information content (AvgIpc) is 2.77. The van der Waals surface area contributed by atoms with E-state index in [1.54, 1.807) is 11.3 Å². The molecule has 1 heterocycles. The van der Waals surface area contributed by atoms with E-state index in [0.29, 0.717) is 0 Å². The highest BCUT2D eigenvalue weighted by molar-refractivity contribution is 7.10. The highest BCUT2D eigenvalue weighted by Gasteiger charge is 2.19. The molecule has 2 N–H and O–H groups in total. The van der Waals surface area contributed by atoms with Crippen molar-refractivity contribution in [3.05, 3.63) is 21.9 Å². The van der Waals surface area contributed by atoms with Crippen molar-refractivity contribution in [3.8, 4) is 0 Å². The minimum absolute atomic E-state index is 0.207. The number of nitrogens with one attached hydrogen (secondary N) is 2. The Morgan fingerprint density at radius 2 is 2.05 bits per heavy atom. The molecule has 0 bridgehead atoms. The van der Waals surface area contributed by atoms with Crippen molar-refractivity contribution in [2.24, 2.45) is 10.4 Å². The molecule has 0 aliphatic carbocycles. The number of aryl methyl sites for hydroxylation is 1. The van der Waals surface area contributed by atoms with E-state index in [-0.39, 0.29) is 5.41 Å². The van der Waals surface area contributed by atoms with E-state index in [1.807, 2.05) is 0 Å².